The first-order chi connectivity index (χ1) is 14.2. The van der Waals surface area contributed by atoms with Crippen molar-refractivity contribution in [2.24, 2.45) is 5.92 Å². The largest absolute Gasteiger partial charge is 0.352 e. The molecule has 2 amide bonds. The van der Waals surface area contributed by atoms with Gasteiger partial charge in [0.05, 0.1) is 5.92 Å². The van der Waals surface area contributed by atoms with Crippen LogP contribution in [-0.2, 0) is 16.1 Å². The number of nitrogens with zero attached hydrogens (tertiary/aromatic N) is 3. The number of pyridine rings is 1. The van der Waals surface area contributed by atoms with Crippen LogP contribution in [-0.4, -0.2) is 58.8 Å². The fourth-order valence-corrected chi connectivity index (χ4v) is 4.55. The minimum absolute atomic E-state index is 0.0640. The van der Waals surface area contributed by atoms with Gasteiger partial charge in [-0.25, -0.2) is 0 Å². The summed E-state index contributed by atoms with van der Waals surface area (Å²) >= 11 is 0. The van der Waals surface area contributed by atoms with Crippen LogP contribution in [0.3, 0.4) is 0 Å². The van der Waals surface area contributed by atoms with E-state index in [9.17, 15) is 9.59 Å². The second-order valence-electron chi connectivity index (χ2n) is 8.48. The van der Waals surface area contributed by atoms with Crippen molar-refractivity contribution >= 4 is 11.8 Å². The topological polar surface area (TPSA) is 65.5 Å². The smallest absolute Gasteiger partial charge is 0.224 e. The SMILES string of the molecule is CCCCCC(=O)N1CCC(N2CCC[C@H](C(=O)NCc3cccnc3)C2)CC1. The predicted molar refractivity (Wildman–Crippen MR) is 114 cm³/mol. The minimum atomic E-state index is 0.0640. The van der Waals surface area contributed by atoms with E-state index in [1.165, 1.54) is 0 Å². The molecule has 6 nitrogen and oxygen atoms in total. The highest BCUT2D eigenvalue weighted by atomic mass is 16.2. The molecular formula is C23H36N4O2. The lowest BCUT2D eigenvalue weighted by atomic mass is 9.93. The van der Waals surface area contributed by atoms with Gasteiger partial charge in [-0.3, -0.25) is 19.5 Å². The van der Waals surface area contributed by atoms with Gasteiger partial charge in [-0.2, -0.15) is 0 Å². The number of carbonyl (C=O) groups is 2. The molecule has 6 heteroatoms. The number of carbonyl (C=O) groups excluding carboxylic acids is 2. The molecule has 1 atom stereocenters. The molecule has 0 aromatic carbocycles. The van der Waals surface area contributed by atoms with Gasteiger partial charge in [-0.15, -0.1) is 0 Å². The quantitative estimate of drug-likeness (QED) is 0.682. The maximum atomic E-state index is 12.7. The Bertz CT molecular complexity index is 644. The van der Waals surface area contributed by atoms with Crippen LogP contribution in [0.5, 0.6) is 0 Å². The van der Waals surface area contributed by atoms with Gasteiger partial charge in [0.1, 0.15) is 0 Å². The number of piperidine rings is 2. The summed E-state index contributed by atoms with van der Waals surface area (Å²) in [4.78, 5) is 33.6. The van der Waals surface area contributed by atoms with Crippen LogP contribution in [0.1, 0.15) is 63.9 Å². The highest BCUT2D eigenvalue weighted by Gasteiger charge is 2.32. The summed E-state index contributed by atoms with van der Waals surface area (Å²) in [6.45, 7) is 6.35. The van der Waals surface area contributed by atoms with Gasteiger partial charge in [0.25, 0.3) is 0 Å². The van der Waals surface area contributed by atoms with Gasteiger partial charge in [-0.1, -0.05) is 25.8 Å². The van der Waals surface area contributed by atoms with Crippen LogP contribution in [0.4, 0.5) is 0 Å². The van der Waals surface area contributed by atoms with E-state index in [1.54, 1.807) is 12.4 Å². The average Bonchev–Trinajstić information content (AvgIpc) is 2.78. The Morgan fingerprint density at radius 2 is 2.00 bits per heavy atom. The normalized spacial score (nSPS) is 21.1. The number of aromatic nitrogens is 1. The van der Waals surface area contributed by atoms with Crippen molar-refractivity contribution in [3.63, 3.8) is 0 Å². The number of unbranched alkanes of at least 4 members (excludes halogenated alkanes) is 2. The Kier molecular flexibility index (Phi) is 8.47. The molecule has 2 aliphatic rings. The molecule has 2 saturated heterocycles. The molecule has 0 aliphatic carbocycles. The highest BCUT2D eigenvalue weighted by Crippen LogP contribution is 2.24. The van der Waals surface area contributed by atoms with Crippen LogP contribution in [0.2, 0.25) is 0 Å². The number of likely N-dealkylation sites (tertiary alicyclic amines) is 2. The van der Waals surface area contributed by atoms with Gasteiger partial charge in [0, 0.05) is 51.0 Å². The molecule has 2 aliphatic heterocycles. The van der Waals surface area contributed by atoms with E-state index < -0.39 is 0 Å². The van der Waals surface area contributed by atoms with E-state index in [0.717, 1.165) is 76.7 Å². The molecule has 0 spiro atoms. The van der Waals surface area contributed by atoms with E-state index in [2.05, 4.69) is 22.1 Å². The van der Waals surface area contributed by atoms with E-state index >= 15 is 0 Å². The molecule has 1 aromatic heterocycles. The zero-order valence-corrected chi connectivity index (χ0v) is 17.8. The molecule has 160 valence electrons. The second kappa shape index (κ2) is 11.3. The zero-order chi connectivity index (χ0) is 20.5. The van der Waals surface area contributed by atoms with Gasteiger partial charge >= 0.3 is 0 Å². The summed E-state index contributed by atoms with van der Waals surface area (Å²) in [7, 11) is 0. The first kappa shape index (κ1) is 21.8. The van der Waals surface area contributed by atoms with E-state index in [0.29, 0.717) is 24.9 Å². The lowest BCUT2D eigenvalue weighted by molar-refractivity contribution is -0.133. The van der Waals surface area contributed by atoms with Gasteiger partial charge in [-0.05, 0) is 50.3 Å². The van der Waals surface area contributed by atoms with E-state index in [-0.39, 0.29) is 11.8 Å². The monoisotopic (exact) mass is 400 g/mol. The molecule has 0 radical (unpaired) electrons. The number of nitrogens with one attached hydrogen (secondary N) is 1. The average molecular weight is 401 g/mol. The fourth-order valence-electron chi connectivity index (χ4n) is 4.55. The zero-order valence-electron chi connectivity index (χ0n) is 17.8. The summed E-state index contributed by atoms with van der Waals surface area (Å²) in [6, 6.07) is 4.38. The maximum Gasteiger partial charge on any atom is 0.224 e. The Morgan fingerprint density at radius 3 is 2.72 bits per heavy atom. The molecule has 1 N–H and O–H groups in total. The summed E-state index contributed by atoms with van der Waals surface area (Å²) in [5.41, 5.74) is 1.03. The molecule has 0 saturated carbocycles. The molecular weight excluding hydrogens is 364 g/mol. The lowest BCUT2D eigenvalue weighted by Crippen LogP contribution is -2.51. The molecule has 1 aromatic rings. The van der Waals surface area contributed by atoms with Crippen molar-refractivity contribution in [3.05, 3.63) is 30.1 Å². The Morgan fingerprint density at radius 1 is 1.17 bits per heavy atom. The maximum absolute atomic E-state index is 12.7. The molecule has 3 heterocycles. The van der Waals surface area contributed by atoms with Crippen LogP contribution in [0.15, 0.2) is 24.5 Å². The molecule has 29 heavy (non-hydrogen) atoms. The minimum Gasteiger partial charge on any atom is -0.352 e. The summed E-state index contributed by atoms with van der Waals surface area (Å²) in [5, 5.41) is 3.08. The Hall–Kier alpha value is -1.95. The van der Waals surface area contributed by atoms with Crippen LogP contribution in [0.25, 0.3) is 0 Å². The van der Waals surface area contributed by atoms with Crippen LogP contribution < -0.4 is 5.32 Å². The first-order valence-corrected chi connectivity index (χ1v) is 11.4. The third kappa shape index (κ3) is 6.53. The highest BCUT2D eigenvalue weighted by molar-refractivity contribution is 5.79. The number of hydrogen-bond donors (Lipinski definition) is 1. The van der Waals surface area contributed by atoms with Crippen molar-refractivity contribution < 1.29 is 9.59 Å². The third-order valence-electron chi connectivity index (χ3n) is 6.34. The summed E-state index contributed by atoms with van der Waals surface area (Å²) < 4.78 is 0. The van der Waals surface area contributed by atoms with E-state index in [1.807, 2.05) is 17.0 Å². The van der Waals surface area contributed by atoms with Crippen molar-refractivity contribution in [1.29, 1.82) is 0 Å². The van der Waals surface area contributed by atoms with Crippen molar-refractivity contribution in [2.75, 3.05) is 26.2 Å². The summed E-state index contributed by atoms with van der Waals surface area (Å²) in [5.74, 6) is 0.541. The van der Waals surface area contributed by atoms with Crippen molar-refractivity contribution in [2.45, 2.75) is 70.9 Å². The third-order valence-corrected chi connectivity index (χ3v) is 6.34. The van der Waals surface area contributed by atoms with Crippen molar-refractivity contribution in [1.82, 2.24) is 20.1 Å². The molecule has 0 bridgehead atoms. The van der Waals surface area contributed by atoms with Gasteiger partial charge < -0.3 is 10.2 Å². The van der Waals surface area contributed by atoms with Gasteiger partial charge in [0.2, 0.25) is 11.8 Å². The lowest BCUT2D eigenvalue weighted by Gasteiger charge is -2.42. The standard InChI is InChI=1S/C23H36N4O2/c1-2-3-4-9-22(28)26-14-10-21(11-15-26)27-13-6-8-20(18-27)23(29)25-17-19-7-5-12-24-16-19/h5,7,12,16,20-21H,2-4,6,8-11,13-15,17-18H2,1H3,(H,25,29)/t20-/m0/s1. The number of hydrogen-bond acceptors (Lipinski definition) is 4. The fraction of sp³-hybridized carbons (Fsp3) is 0.696. The second-order valence-corrected chi connectivity index (χ2v) is 8.48. The van der Waals surface area contributed by atoms with Crippen LogP contribution >= 0.6 is 0 Å². The number of rotatable bonds is 8. The predicted octanol–water partition coefficient (Wildman–Crippen LogP) is 2.98. The molecule has 3 rings (SSSR count). The number of amides is 2. The molecule has 2 fully saturated rings. The Balaban J connectivity index is 1.41. The summed E-state index contributed by atoms with van der Waals surface area (Å²) in [6.07, 6.45) is 11.6. The molecule has 0 unspecified atom stereocenters. The van der Waals surface area contributed by atoms with Crippen LogP contribution in [0, 0.1) is 5.92 Å². The first-order valence-electron chi connectivity index (χ1n) is 11.4. The van der Waals surface area contributed by atoms with Crippen molar-refractivity contribution in [3.8, 4) is 0 Å². The van der Waals surface area contributed by atoms with E-state index in [4.69, 9.17) is 0 Å². The Labute approximate surface area is 175 Å². The van der Waals surface area contributed by atoms with Gasteiger partial charge in [0.15, 0.2) is 0 Å².